The van der Waals surface area contributed by atoms with Gasteiger partial charge in [0.1, 0.15) is 5.75 Å². The highest BCUT2D eigenvalue weighted by Gasteiger charge is 2.11. The fraction of sp³-hybridized carbons (Fsp3) is 0. The van der Waals surface area contributed by atoms with E-state index in [1.807, 2.05) is 0 Å². The number of anilines is 1. The summed E-state index contributed by atoms with van der Waals surface area (Å²) in [7, 11) is 0. The quantitative estimate of drug-likeness (QED) is 0.0497. The van der Waals surface area contributed by atoms with Gasteiger partial charge in [-0.15, -0.1) is 0 Å². The fourth-order valence-electron chi connectivity index (χ4n) is 3.53. The smallest absolute Gasteiger partial charge is 0.336 e. The number of ether oxygens (including phenoxy) is 1. The fourth-order valence-corrected chi connectivity index (χ4v) is 4.17. The molecule has 0 unspecified atom stereocenters. The van der Waals surface area contributed by atoms with Crippen molar-refractivity contribution < 1.29 is 24.0 Å². The van der Waals surface area contributed by atoms with Crippen LogP contribution in [0.25, 0.3) is 6.08 Å². The van der Waals surface area contributed by atoms with E-state index >= 15 is 0 Å². The number of amides is 2. The van der Waals surface area contributed by atoms with Crippen molar-refractivity contribution in [1.82, 2.24) is 5.43 Å². The molecule has 4 aromatic rings. The van der Waals surface area contributed by atoms with Gasteiger partial charge >= 0.3 is 5.97 Å². The van der Waals surface area contributed by atoms with Crippen LogP contribution in [0.1, 0.15) is 31.8 Å². The first kappa shape index (κ1) is 30.0. The van der Waals surface area contributed by atoms with Crippen molar-refractivity contribution in [3.05, 3.63) is 138 Å². The summed E-state index contributed by atoms with van der Waals surface area (Å²) in [6, 6.07) is 23.9. The van der Waals surface area contributed by atoms with E-state index in [0.29, 0.717) is 26.9 Å². The number of rotatable bonds is 9. The molecule has 0 fully saturated rings. The average molecular weight is 692 g/mol. The van der Waals surface area contributed by atoms with Crippen LogP contribution in [0.5, 0.6) is 5.75 Å². The zero-order chi connectivity index (χ0) is 30.1. The Bertz CT molecular complexity index is 1720. The van der Waals surface area contributed by atoms with E-state index in [0.717, 1.165) is 10.5 Å². The van der Waals surface area contributed by atoms with Gasteiger partial charge in [0.25, 0.3) is 17.5 Å². The van der Waals surface area contributed by atoms with Gasteiger partial charge in [0.15, 0.2) is 0 Å². The number of nitrogens with zero attached hydrogens (tertiary/aromatic N) is 2. The van der Waals surface area contributed by atoms with E-state index in [1.165, 1.54) is 36.6 Å². The number of carbonyl (C=O) groups is 3. The lowest BCUT2D eigenvalue weighted by molar-refractivity contribution is -0.384. The van der Waals surface area contributed by atoms with Crippen LogP contribution in [0.3, 0.4) is 0 Å². The first-order valence-electron chi connectivity index (χ1n) is 12.1. The molecule has 0 heterocycles. The number of carbonyl (C=O) groups excluding carboxylic acids is 3. The molecule has 2 N–H and O–H groups in total. The zero-order valence-electron chi connectivity index (χ0n) is 21.5. The minimum atomic E-state index is -0.718. The molecule has 0 aromatic heterocycles. The van der Waals surface area contributed by atoms with Crippen LogP contribution in [-0.2, 0) is 4.79 Å². The third-order valence-electron chi connectivity index (χ3n) is 5.53. The Hall–Kier alpha value is -4.94. The van der Waals surface area contributed by atoms with Crippen molar-refractivity contribution in [2.75, 3.05) is 5.32 Å². The van der Waals surface area contributed by atoms with Gasteiger partial charge in [-0.2, -0.15) is 5.10 Å². The van der Waals surface area contributed by atoms with Crippen LogP contribution in [0.15, 0.2) is 111 Å². The Labute approximate surface area is 256 Å². The van der Waals surface area contributed by atoms with Crippen molar-refractivity contribution in [3.63, 3.8) is 0 Å². The monoisotopic (exact) mass is 690 g/mol. The molecule has 0 bridgehead atoms. The molecule has 0 radical (unpaired) electrons. The molecule has 4 aromatic carbocycles. The second-order valence-corrected chi connectivity index (χ2v) is 10.4. The standard InChI is InChI=1S/C30H20Br2N4O6/c31-23-10-8-20(9-11-23)29(38)34-25-5-2-4-21(17-25)30(39)35-33-18-22-16-24(32)12-13-27(22)42-28(37)14-7-19-3-1-6-26(15-19)36(40)41/h1-18H,(H,34,38)(H,35,39)/b14-7+,33-18?. The predicted octanol–water partition coefficient (Wildman–Crippen LogP) is 6.75. The van der Waals surface area contributed by atoms with Crippen LogP contribution in [0, 0.1) is 10.1 Å². The Balaban J connectivity index is 1.40. The number of hydrogen-bond acceptors (Lipinski definition) is 7. The number of hydrogen-bond donors (Lipinski definition) is 2. The number of non-ortho nitro benzene ring substituents is 1. The van der Waals surface area contributed by atoms with Crippen molar-refractivity contribution in [2.45, 2.75) is 0 Å². The molecule has 10 nitrogen and oxygen atoms in total. The van der Waals surface area contributed by atoms with E-state index in [2.05, 4.69) is 47.7 Å². The minimum Gasteiger partial charge on any atom is -0.423 e. The van der Waals surface area contributed by atoms with Crippen molar-refractivity contribution in [3.8, 4) is 5.75 Å². The molecule has 0 saturated heterocycles. The van der Waals surface area contributed by atoms with E-state index < -0.39 is 16.8 Å². The van der Waals surface area contributed by atoms with Gasteiger partial charge in [0, 0.05) is 49.5 Å². The third kappa shape index (κ3) is 8.53. The molecule has 0 atom stereocenters. The summed E-state index contributed by atoms with van der Waals surface area (Å²) < 4.78 is 6.94. The van der Waals surface area contributed by atoms with Gasteiger partial charge in [-0.05, 0) is 72.3 Å². The van der Waals surface area contributed by atoms with Crippen molar-refractivity contribution in [1.29, 1.82) is 0 Å². The number of nitro groups is 1. The van der Waals surface area contributed by atoms with Gasteiger partial charge in [0.2, 0.25) is 0 Å². The third-order valence-corrected chi connectivity index (χ3v) is 6.56. The molecule has 0 spiro atoms. The highest BCUT2D eigenvalue weighted by molar-refractivity contribution is 9.10. The molecule has 42 heavy (non-hydrogen) atoms. The molecule has 0 aliphatic heterocycles. The highest BCUT2D eigenvalue weighted by atomic mass is 79.9. The largest absolute Gasteiger partial charge is 0.423 e. The van der Waals surface area contributed by atoms with Crippen LogP contribution >= 0.6 is 31.9 Å². The lowest BCUT2D eigenvalue weighted by Gasteiger charge is -2.08. The SMILES string of the molecule is O=C(/C=C/c1cccc([N+](=O)[O-])c1)Oc1ccc(Br)cc1C=NNC(=O)c1cccc(NC(=O)c2ccc(Br)cc2)c1. The Morgan fingerprint density at radius 1 is 0.833 bits per heavy atom. The lowest BCUT2D eigenvalue weighted by Crippen LogP contribution is -2.18. The predicted molar refractivity (Wildman–Crippen MR) is 166 cm³/mol. The van der Waals surface area contributed by atoms with Gasteiger partial charge in [-0.25, -0.2) is 10.2 Å². The van der Waals surface area contributed by atoms with Crippen molar-refractivity contribution >= 4 is 73.3 Å². The number of hydrazone groups is 1. The summed E-state index contributed by atoms with van der Waals surface area (Å²) in [5.41, 5.74) is 4.30. The number of nitrogens with one attached hydrogen (secondary N) is 2. The summed E-state index contributed by atoms with van der Waals surface area (Å²) in [5.74, 6) is -1.40. The number of esters is 1. The van der Waals surface area contributed by atoms with Crippen LogP contribution < -0.4 is 15.5 Å². The maximum Gasteiger partial charge on any atom is 0.336 e. The highest BCUT2D eigenvalue weighted by Crippen LogP contribution is 2.23. The molecule has 12 heteroatoms. The zero-order valence-corrected chi connectivity index (χ0v) is 24.7. The van der Waals surface area contributed by atoms with Crippen LogP contribution in [0.2, 0.25) is 0 Å². The number of nitro benzene ring substituents is 1. The molecule has 210 valence electrons. The number of benzene rings is 4. The van der Waals surface area contributed by atoms with Gasteiger partial charge in [-0.3, -0.25) is 19.7 Å². The summed E-state index contributed by atoms with van der Waals surface area (Å²) in [6.45, 7) is 0. The molecule has 0 aliphatic carbocycles. The Morgan fingerprint density at radius 2 is 1.57 bits per heavy atom. The first-order chi connectivity index (χ1) is 20.2. The molecule has 0 aliphatic rings. The maximum atomic E-state index is 12.7. The average Bonchev–Trinajstić information content (AvgIpc) is 2.98. The topological polar surface area (TPSA) is 140 Å². The van der Waals surface area contributed by atoms with Gasteiger partial charge in [-0.1, -0.05) is 50.1 Å². The normalized spacial score (nSPS) is 10.9. The first-order valence-corrected chi connectivity index (χ1v) is 13.7. The maximum absolute atomic E-state index is 12.7. The van der Waals surface area contributed by atoms with E-state index in [1.54, 1.807) is 66.7 Å². The Morgan fingerprint density at radius 3 is 2.33 bits per heavy atom. The summed E-state index contributed by atoms with van der Waals surface area (Å²) >= 11 is 6.68. The summed E-state index contributed by atoms with van der Waals surface area (Å²) in [6.07, 6.45) is 3.86. The van der Waals surface area contributed by atoms with E-state index in [4.69, 9.17) is 4.74 Å². The number of halogens is 2. The summed E-state index contributed by atoms with van der Waals surface area (Å²) in [5, 5.41) is 17.7. The second-order valence-electron chi connectivity index (χ2n) is 8.53. The van der Waals surface area contributed by atoms with Gasteiger partial charge < -0.3 is 10.1 Å². The Kier molecular flexibility index (Phi) is 10.1. The van der Waals surface area contributed by atoms with E-state index in [-0.39, 0.29) is 22.9 Å². The van der Waals surface area contributed by atoms with E-state index in [9.17, 15) is 24.5 Å². The molecule has 4 rings (SSSR count). The molecular weight excluding hydrogens is 672 g/mol. The second kappa shape index (κ2) is 14.1. The van der Waals surface area contributed by atoms with Crippen molar-refractivity contribution in [2.24, 2.45) is 5.10 Å². The molecular formula is C30H20Br2N4O6. The van der Waals surface area contributed by atoms with Crippen LogP contribution in [-0.4, -0.2) is 28.9 Å². The van der Waals surface area contributed by atoms with Crippen LogP contribution in [0.4, 0.5) is 11.4 Å². The minimum absolute atomic E-state index is 0.101. The molecule has 0 saturated carbocycles. The van der Waals surface area contributed by atoms with Gasteiger partial charge in [0.05, 0.1) is 11.1 Å². The summed E-state index contributed by atoms with van der Waals surface area (Å²) in [4.78, 5) is 48.1. The molecule has 2 amide bonds. The lowest BCUT2D eigenvalue weighted by atomic mass is 10.1.